The second-order valence-corrected chi connectivity index (χ2v) is 6.32. The lowest BCUT2D eigenvalue weighted by Crippen LogP contribution is -2.35. The maximum atomic E-state index is 12.4. The van der Waals surface area contributed by atoms with Crippen molar-refractivity contribution < 1.29 is 14.4 Å². The summed E-state index contributed by atoms with van der Waals surface area (Å²) in [4.78, 5) is 39.7. The number of amides is 3. The molecule has 25 heavy (non-hydrogen) atoms. The standard InChI is InChI=1S/C19H17ClN2O3/c1-21(12-13-6-3-2-4-7-13)16(23)10-11-22-18(24)14-8-5-9-15(20)17(14)19(22)25/h2-9H,10-12H2,1H3. The van der Waals surface area contributed by atoms with Crippen molar-refractivity contribution in [3.05, 3.63) is 70.2 Å². The monoisotopic (exact) mass is 356 g/mol. The highest BCUT2D eigenvalue weighted by Gasteiger charge is 2.37. The number of hydrogen-bond acceptors (Lipinski definition) is 3. The molecular weight excluding hydrogens is 340 g/mol. The maximum absolute atomic E-state index is 12.4. The minimum Gasteiger partial charge on any atom is -0.341 e. The third kappa shape index (κ3) is 3.42. The summed E-state index contributed by atoms with van der Waals surface area (Å²) >= 11 is 6.02. The fourth-order valence-corrected chi connectivity index (χ4v) is 3.09. The van der Waals surface area contributed by atoms with Gasteiger partial charge in [0.15, 0.2) is 0 Å². The Hall–Kier alpha value is -2.66. The number of fused-ring (bicyclic) bond motifs is 1. The Morgan fingerprint density at radius 1 is 1.04 bits per heavy atom. The van der Waals surface area contributed by atoms with Crippen LogP contribution in [0, 0.1) is 0 Å². The van der Waals surface area contributed by atoms with Gasteiger partial charge in [-0.05, 0) is 17.7 Å². The number of carbonyl (C=O) groups is 3. The van der Waals surface area contributed by atoms with E-state index >= 15 is 0 Å². The zero-order valence-corrected chi connectivity index (χ0v) is 14.5. The van der Waals surface area contributed by atoms with E-state index in [9.17, 15) is 14.4 Å². The molecular formula is C19H17ClN2O3. The molecule has 6 heteroatoms. The molecule has 0 saturated heterocycles. The Bertz CT molecular complexity index is 836. The van der Waals surface area contributed by atoms with Gasteiger partial charge < -0.3 is 4.90 Å². The molecule has 1 heterocycles. The van der Waals surface area contributed by atoms with Crippen LogP contribution in [0.25, 0.3) is 0 Å². The van der Waals surface area contributed by atoms with E-state index in [4.69, 9.17) is 11.6 Å². The van der Waals surface area contributed by atoms with Crippen molar-refractivity contribution in [1.29, 1.82) is 0 Å². The number of benzene rings is 2. The van der Waals surface area contributed by atoms with E-state index < -0.39 is 11.8 Å². The van der Waals surface area contributed by atoms with E-state index in [-0.39, 0.29) is 29.5 Å². The van der Waals surface area contributed by atoms with Crippen LogP contribution in [0.1, 0.15) is 32.7 Å². The molecule has 128 valence electrons. The van der Waals surface area contributed by atoms with E-state index in [1.807, 2.05) is 30.3 Å². The first-order chi connectivity index (χ1) is 12.0. The molecule has 0 N–H and O–H groups in total. The van der Waals surface area contributed by atoms with Crippen LogP contribution in [0.15, 0.2) is 48.5 Å². The summed E-state index contributed by atoms with van der Waals surface area (Å²) in [6.45, 7) is 0.522. The normalized spacial score (nSPS) is 13.1. The van der Waals surface area contributed by atoms with Gasteiger partial charge in [0.05, 0.1) is 16.1 Å². The topological polar surface area (TPSA) is 57.7 Å². The summed E-state index contributed by atoms with van der Waals surface area (Å²) in [6, 6.07) is 14.4. The highest BCUT2D eigenvalue weighted by Crippen LogP contribution is 2.29. The molecule has 0 radical (unpaired) electrons. The molecule has 0 aromatic heterocycles. The maximum Gasteiger partial charge on any atom is 0.263 e. The second kappa shape index (κ2) is 7.07. The van der Waals surface area contributed by atoms with Crippen LogP contribution in [-0.2, 0) is 11.3 Å². The number of nitrogens with zero attached hydrogens (tertiary/aromatic N) is 2. The SMILES string of the molecule is CN(Cc1ccccc1)C(=O)CCN1C(=O)c2cccc(Cl)c2C1=O. The van der Waals surface area contributed by atoms with Gasteiger partial charge in [-0.15, -0.1) is 0 Å². The van der Waals surface area contributed by atoms with Crippen molar-refractivity contribution in [3.63, 3.8) is 0 Å². The second-order valence-electron chi connectivity index (χ2n) is 5.91. The van der Waals surface area contributed by atoms with Crippen molar-refractivity contribution in [3.8, 4) is 0 Å². The average Bonchev–Trinajstić information content (AvgIpc) is 2.85. The molecule has 0 bridgehead atoms. The van der Waals surface area contributed by atoms with Gasteiger partial charge in [-0.2, -0.15) is 0 Å². The van der Waals surface area contributed by atoms with Crippen LogP contribution >= 0.6 is 11.6 Å². The van der Waals surface area contributed by atoms with Gasteiger partial charge in [-0.1, -0.05) is 48.0 Å². The Morgan fingerprint density at radius 2 is 1.76 bits per heavy atom. The number of imide groups is 1. The number of halogens is 1. The minimum absolute atomic E-state index is 0.0423. The zero-order chi connectivity index (χ0) is 18.0. The molecule has 3 amide bonds. The van der Waals surface area contributed by atoms with E-state index in [0.29, 0.717) is 12.1 Å². The summed E-state index contributed by atoms with van der Waals surface area (Å²) in [7, 11) is 1.70. The number of carbonyl (C=O) groups excluding carboxylic acids is 3. The molecule has 1 aliphatic heterocycles. The lowest BCUT2D eigenvalue weighted by molar-refractivity contribution is -0.130. The molecule has 3 rings (SSSR count). The van der Waals surface area contributed by atoms with Gasteiger partial charge in [-0.3, -0.25) is 19.3 Å². The van der Waals surface area contributed by atoms with Crippen molar-refractivity contribution in [2.75, 3.05) is 13.6 Å². The van der Waals surface area contributed by atoms with Crippen LogP contribution in [0.4, 0.5) is 0 Å². The molecule has 0 atom stereocenters. The third-order valence-corrected chi connectivity index (χ3v) is 4.50. The first-order valence-corrected chi connectivity index (χ1v) is 8.29. The summed E-state index contributed by atoms with van der Waals surface area (Å²) in [5.41, 5.74) is 1.53. The molecule has 0 fully saturated rings. The smallest absolute Gasteiger partial charge is 0.263 e. The molecule has 2 aromatic rings. The van der Waals surface area contributed by atoms with E-state index in [2.05, 4.69) is 0 Å². The van der Waals surface area contributed by atoms with Gasteiger partial charge in [0.25, 0.3) is 11.8 Å². The summed E-state index contributed by atoms with van der Waals surface area (Å²) < 4.78 is 0. The van der Waals surface area contributed by atoms with Crippen LogP contribution in [-0.4, -0.2) is 41.1 Å². The van der Waals surface area contributed by atoms with Gasteiger partial charge in [0.1, 0.15) is 0 Å². The first kappa shape index (κ1) is 17.2. The highest BCUT2D eigenvalue weighted by atomic mass is 35.5. The van der Waals surface area contributed by atoms with E-state index in [1.165, 1.54) is 0 Å². The minimum atomic E-state index is -0.441. The Balaban J connectivity index is 1.62. The van der Waals surface area contributed by atoms with Gasteiger partial charge in [-0.25, -0.2) is 0 Å². The van der Waals surface area contributed by atoms with Crippen molar-refractivity contribution in [2.24, 2.45) is 0 Å². The number of rotatable bonds is 5. The van der Waals surface area contributed by atoms with Crippen LogP contribution in [0.3, 0.4) is 0 Å². The van der Waals surface area contributed by atoms with Gasteiger partial charge in [0.2, 0.25) is 5.91 Å². The lowest BCUT2D eigenvalue weighted by atomic mass is 10.1. The zero-order valence-electron chi connectivity index (χ0n) is 13.7. The molecule has 0 saturated carbocycles. The fourth-order valence-electron chi connectivity index (χ4n) is 2.84. The molecule has 0 aliphatic carbocycles. The summed E-state index contributed by atoms with van der Waals surface area (Å²) in [5, 5.41) is 0.255. The van der Waals surface area contributed by atoms with E-state index in [0.717, 1.165) is 10.5 Å². The third-order valence-electron chi connectivity index (χ3n) is 4.19. The molecule has 5 nitrogen and oxygen atoms in total. The van der Waals surface area contributed by atoms with Crippen molar-refractivity contribution >= 4 is 29.3 Å². The van der Waals surface area contributed by atoms with Gasteiger partial charge >= 0.3 is 0 Å². The summed E-state index contributed by atoms with van der Waals surface area (Å²) in [6.07, 6.45) is 0.0758. The predicted molar refractivity (Wildman–Crippen MR) is 94.4 cm³/mol. The van der Waals surface area contributed by atoms with Gasteiger partial charge in [0, 0.05) is 26.6 Å². The Labute approximate surface area is 150 Å². The predicted octanol–water partition coefficient (Wildman–Crippen LogP) is 2.98. The quantitative estimate of drug-likeness (QED) is 0.774. The van der Waals surface area contributed by atoms with Crippen molar-refractivity contribution in [1.82, 2.24) is 9.80 Å². The fraction of sp³-hybridized carbons (Fsp3) is 0.211. The molecule has 0 unspecified atom stereocenters. The average molecular weight is 357 g/mol. The lowest BCUT2D eigenvalue weighted by Gasteiger charge is -2.19. The van der Waals surface area contributed by atoms with Crippen LogP contribution in [0.2, 0.25) is 5.02 Å². The van der Waals surface area contributed by atoms with Crippen LogP contribution < -0.4 is 0 Å². The Morgan fingerprint density at radius 3 is 2.44 bits per heavy atom. The molecule has 2 aromatic carbocycles. The molecule has 0 spiro atoms. The molecule has 1 aliphatic rings. The van der Waals surface area contributed by atoms with E-state index in [1.54, 1.807) is 30.1 Å². The highest BCUT2D eigenvalue weighted by molar-refractivity contribution is 6.37. The number of hydrogen-bond donors (Lipinski definition) is 0. The Kier molecular flexibility index (Phi) is 4.86. The van der Waals surface area contributed by atoms with Crippen molar-refractivity contribution in [2.45, 2.75) is 13.0 Å². The largest absolute Gasteiger partial charge is 0.341 e. The first-order valence-electron chi connectivity index (χ1n) is 7.91. The summed E-state index contributed by atoms with van der Waals surface area (Å²) in [5.74, 6) is -0.975. The van der Waals surface area contributed by atoms with Crippen LogP contribution in [0.5, 0.6) is 0 Å².